The van der Waals surface area contributed by atoms with E-state index in [-0.39, 0.29) is 46.0 Å². The van der Waals surface area contributed by atoms with Gasteiger partial charge in [-0.2, -0.15) is 0 Å². The maximum absolute atomic E-state index is 6.53. The Morgan fingerprint density at radius 2 is 0.651 bits per heavy atom. The molecule has 0 atom stereocenters. The first-order valence-electron chi connectivity index (χ1n) is 28.3. The highest BCUT2D eigenvalue weighted by Crippen LogP contribution is 2.47. The third kappa shape index (κ3) is 15.7. The molecule has 8 bridgehead atoms. The maximum atomic E-state index is 6.53. The van der Waals surface area contributed by atoms with Gasteiger partial charge < -0.3 is 19.6 Å². The largest absolute Gasteiger partial charge is 0.476 e. The van der Waals surface area contributed by atoms with Crippen LogP contribution in [0.3, 0.4) is 0 Å². The summed E-state index contributed by atoms with van der Waals surface area (Å²) in [5, 5.41) is 5.26. The molecule has 18 nitrogen and oxygen atoms in total. The lowest BCUT2D eigenvalue weighted by Crippen LogP contribution is -2.25. The van der Waals surface area contributed by atoms with Gasteiger partial charge in [-0.1, -0.05) is 234 Å². The van der Waals surface area contributed by atoms with Gasteiger partial charge in [-0.05, 0) is 19.5 Å². The van der Waals surface area contributed by atoms with Crippen LogP contribution in [-0.2, 0) is 0 Å². The SMILES string of the molecule is CCCCOc1nc2c3nc4nc(nc5[nH]c(nc6nc(nc([nH]3)c2nc1SCCN(CC)CC)-c1nc(SC(C)(C)C)c(SC(C)(C)C)nc1-6)c1nc(SC(C)(C)C)c(SC(C)(C)C)nc51)-c1nc(SC(C)(C)C)c(SC(C)(C)C)nc1-4. The van der Waals surface area contributed by atoms with E-state index in [1.807, 2.05) is 0 Å². The smallest absolute Gasteiger partial charge is 0.247 e. The lowest BCUT2D eigenvalue weighted by atomic mass is 10.3. The highest BCUT2D eigenvalue weighted by molar-refractivity contribution is 8.04. The second-order valence-electron chi connectivity index (χ2n) is 26.1. The van der Waals surface area contributed by atoms with Crippen molar-refractivity contribution in [3.63, 3.8) is 0 Å². The summed E-state index contributed by atoms with van der Waals surface area (Å²) in [6.07, 6.45) is 1.80. The minimum Gasteiger partial charge on any atom is -0.476 e. The van der Waals surface area contributed by atoms with Crippen molar-refractivity contribution >= 4 is 127 Å². The predicted octanol–water partition coefficient (Wildman–Crippen LogP) is 16.0. The molecule has 0 spiro atoms. The van der Waals surface area contributed by atoms with E-state index < -0.39 is 0 Å². The van der Waals surface area contributed by atoms with E-state index in [2.05, 4.69) is 160 Å². The van der Waals surface area contributed by atoms with E-state index in [9.17, 15) is 0 Å². The van der Waals surface area contributed by atoms with Crippen molar-refractivity contribution in [2.45, 2.75) is 222 Å². The van der Waals surface area contributed by atoms with Crippen molar-refractivity contribution in [3.05, 3.63) is 0 Å². The highest BCUT2D eigenvalue weighted by atomic mass is 32.2. The van der Waals surface area contributed by atoms with Gasteiger partial charge in [0.25, 0.3) is 0 Å². The summed E-state index contributed by atoms with van der Waals surface area (Å²) in [5.41, 5.74) is 5.24. The Morgan fingerprint density at radius 1 is 0.361 bits per heavy atom. The van der Waals surface area contributed by atoms with Crippen molar-refractivity contribution in [2.75, 3.05) is 32.0 Å². The topological polar surface area (TPSA) is 225 Å². The number of hydrogen-bond acceptors (Lipinski definition) is 23. The molecule has 0 radical (unpaired) electrons. The van der Waals surface area contributed by atoms with E-state index >= 15 is 0 Å². The Hall–Kier alpha value is -4.11. The zero-order valence-electron chi connectivity index (χ0n) is 51.9. The van der Waals surface area contributed by atoms with Gasteiger partial charge >= 0.3 is 0 Å². The van der Waals surface area contributed by atoms with Crippen LogP contribution in [0.15, 0.2) is 35.2 Å². The number of unbranched alkanes of at least 4 members (excludes halogenated alkanes) is 1. The van der Waals surface area contributed by atoms with Gasteiger partial charge in [0.2, 0.25) is 5.88 Å². The standard InChI is InChI=1S/C58H79N17OS7/c1-22-25-27-76-45-46(77-28-26-75(23-2)24-3)60-30-29(59-45)37-67-38(30)69-40-33-34(64-50(81-56(13,14)15)49(63-33)80-55(10,11)12)42(71-40)73-44-36-35(65-51(82-57(16,17)18)52(66-36)83-58(19,20)21)43(74-44)72-41-32-31(39(68-37)70-41)61-47(78-53(4,5)6)48(62-32)79-54(7,8)9/h22-28H2,1-21H3,(H2,67,68,69,70,71,72,73,74). The maximum Gasteiger partial charge on any atom is 0.247 e. The minimum absolute atomic E-state index is 0.202. The third-order valence-corrected chi connectivity index (χ3v) is 19.4. The molecule has 9 heterocycles. The molecule has 0 fully saturated rings. The van der Waals surface area contributed by atoms with Gasteiger partial charge in [-0.3, -0.25) is 0 Å². The molecule has 0 saturated heterocycles. The molecule has 2 N–H and O–H groups in total. The first kappa shape index (κ1) is 63.4. The van der Waals surface area contributed by atoms with Crippen LogP contribution in [-0.4, -0.2) is 145 Å². The molecule has 0 unspecified atom stereocenters. The fourth-order valence-electron chi connectivity index (χ4n) is 8.29. The molecule has 7 aromatic rings. The van der Waals surface area contributed by atoms with Crippen LogP contribution in [0.2, 0.25) is 0 Å². The van der Waals surface area contributed by atoms with Gasteiger partial charge in [0.1, 0.15) is 75.0 Å². The van der Waals surface area contributed by atoms with E-state index in [4.69, 9.17) is 74.5 Å². The van der Waals surface area contributed by atoms with Crippen LogP contribution >= 0.6 is 82.3 Å². The Bertz CT molecular complexity index is 3770. The summed E-state index contributed by atoms with van der Waals surface area (Å²) in [5.74, 6) is 2.34. The summed E-state index contributed by atoms with van der Waals surface area (Å²) in [4.78, 5) is 85.0. The van der Waals surface area contributed by atoms with Crippen molar-refractivity contribution < 1.29 is 4.74 Å². The van der Waals surface area contributed by atoms with E-state index in [1.165, 1.54) is 0 Å². The van der Waals surface area contributed by atoms with Gasteiger partial charge in [0.15, 0.2) is 50.9 Å². The summed E-state index contributed by atoms with van der Waals surface area (Å²) in [7, 11) is 0. The van der Waals surface area contributed by atoms with Gasteiger partial charge in [-0.15, -0.1) is 0 Å². The van der Waals surface area contributed by atoms with Crippen LogP contribution in [0.25, 0.3) is 90.7 Å². The molecule has 7 aromatic heterocycles. The Labute approximate surface area is 518 Å². The third-order valence-electron chi connectivity index (χ3n) is 11.5. The first-order valence-corrected chi connectivity index (χ1v) is 34.2. The number of hydrogen-bond donors (Lipinski definition) is 2. The Kier molecular flexibility index (Phi) is 18.5. The Morgan fingerprint density at radius 3 is 0.940 bits per heavy atom. The molecule has 83 heavy (non-hydrogen) atoms. The lowest BCUT2D eigenvalue weighted by molar-refractivity contribution is 0.289. The van der Waals surface area contributed by atoms with Crippen LogP contribution in [0.5, 0.6) is 5.88 Å². The van der Waals surface area contributed by atoms with Gasteiger partial charge in [0.05, 0.1) is 6.61 Å². The second-order valence-corrected chi connectivity index (χ2v) is 38.1. The van der Waals surface area contributed by atoms with Crippen molar-refractivity contribution in [1.82, 2.24) is 84.6 Å². The molecule has 9 rings (SSSR count). The van der Waals surface area contributed by atoms with Crippen LogP contribution < -0.4 is 4.74 Å². The lowest BCUT2D eigenvalue weighted by Gasteiger charge is -2.22. The summed E-state index contributed by atoms with van der Waals surface area (Å²) in [6, 6.07) is 0. The summed E-state index contributed by atoms with van der Waals surface area (Å²) < 4.78 is 5.30. The van der Waals surface area contributed by atoms with Crippen LogP contribution in [0.4, 0.5) is 0 Å². The van der Waals surface area contributed by atoms with E-state index in [0.717, 1.165) is 68.4 Å². The van der Waals surface area contributed by atoms with Crippen molar-refractivity contribution in [1.29, 1.82) is 0 Å². The first-order chi connectivity index (χ1) is 38.6. The number of nitrogens with zero attached hydrogens (tertiary/aromatic N) is 15. The van der Waals surface area contributed by atoms with Crippen LogP contribution in [0.1, 0.15) is 158 Å². The number of H-pyrrole nitrogens is 2. The molecule has 25 heteroatoms. The van der Waals surface area contributed by atoms with E-state index in [0.29, 0.717) is 90.8 Å². The molecule has 0 saturated carbocycles. The van der Waals surface area contributed by atoms with Crippen molar-refractivity contribution in [2.24, 2.45) is 0 Å². The summed E-state index contributed by atoms with van der Waals surface area (Å²) in [6.45, 7) is 48.9. The summed E-state index contributed by atoms with van der Waals surface area (Å²) >= 11 is 11.5. The number of aromatic nitrogens is 16. The van der Waals surface area contributed by atoms with Gasteiger partial charge in [0, 0.05) is 40.8 Å². The fraction of sp³-hybridized carbons (Fsp3) is 0.586. The molecule has 2 aliphatic heterocycles. The zero-order valence-corrected chi connectivity index (χ0v) is 57.6. The number of ether oxygens (including phenoxy) is 1. The quantitative estimate of drug-likeness (QED) is 0.0677. The number of rotatable bonds is 16. The van der Waals surface area contributed by atoms with Gasteiger partial charge in [-0.25, -0.2) is 69.8 Å². The molecule has 2 aliphatic rings. The average Bonchev–Trinajstić information content (AvgIpc) is 1.93. The monoisotopic (exact) mass is 1250 g/mol. The normalized spacial score (nSPS) is 13.4. The zero-order chi connectivity index (χ0) is 60.4. The minimum atomic E-state index is -0.208. The molecule has 444 valence electrons. The number of nitrogens with one attached hydrogen (secondary N) is 2. The van der Waals surface area contributed by atoms with Crippen molar-refractivity contribution in [3.8, 4) is 52.0 Å². The molecular formula is C58H79N17OS7. The van der Waals surface area contributed by atoms with E-state index in [1.54, 1.807) is 82.3 Å². The molecular weight excluding hydrogens is 1180 g/mol. The molecule has 0 aromatic carbocycles. The number of thioether (sulfide) groups is 7. The highest BCUT2D eigenvalue weighted by Gasteiger charge is 2.34. The number of fused-ring (bicyclic) bond motifs is 20. The fourth-order valence-corrected chi connectivity index (χ4v) is 15.1. The molecule has 0 aliphatic carbocycles. The Balaban J connectivity index is 1.47. The predicted molar refractivity (Wildman–Crippen MR) is 351 cm³/mol. The molecule has 0 amide bonds. The van der Waals surface area contributed by atoms with Crippen LogP contribution in [0, 0.1) is 0 Å². The number of aromatic amines is 2. The second kappa shape index (κ2) is 24.2. The average molecular weight is 1250 g/mol.